The molecule has 2 fully saturated rings. The van der Waals surface area contributed by atoms with Crippen LogP contribution in [0.15, 0.2) is 23.4 Å². The molecule has 3 aliphatic carbocycles. The van der Waals surface area contributed by atoms with Crippen molar-refractivity contribution in [2.24, 2.45) is 22.4 Å². The van der Waals surface area contributed by atoms with E-state index in [9.17, 15) is 20.1 Å². The average Bonchev–Trinajstić information content (AvgIpc) is 2.85. The van der Waals surface area contributed by atoms with Crippen LogP contribution in [0.2, 0.25) is 0 Å². The van der Waals surface area contributed by atoms with Gasteiger partial charge in [-0.15, -0.1) is 0 Å². The summed E-state index contributed by atoms with van der Waals surface area (Å²) in [6.07, 6.45) is 1.40. The standard InChI is InChI=1S/C20H25NO6/c1-20-5-4-12-11-3-2-10(22)6-14(11)16(21-27-9-18(24)25)7-13(12)15(20)8-17(23)19(20)26/h2-3,6,12-13,15,17,19,22-23,26H,4-5,7-9H2,1H3,(H,24,25)/b21-16+/t12?,13?,15?,17-,19+,20+/m1/s1. The first-order valence-corrected chi connectivity index (χ1v) is 9.41. The highest BCUT2D eigenvalue weighted by Crippen LogP contribution is 2.61. The maximum Gasteiger partial charge on any atom is 0.344 e. The molecule has 0 spiro atoms. The summed E-state index contributed by atoms with van der Waals surface area (Å²) in [5, 5.41) is 43.6. The molecule has 4 N–H and O–H groups in total. The number of aromatic hydroxyl groups is 1. The van der Waals surface area contributed by atoms with Crippen LogP contribution in [0.4, 0.5) is 0 Å². The predicted octanol–water partition coefficient (Wildman–Crippen LogP) is 1.84. The van der Waals surface area contributed by atoms with Gasteiger partial charge in [0.05, 0.1) is 17.9 Å². The molecular weight excluding hydrogens is 350 g/mol. The predicted molar refractivity (Wildman–Crippen MR) is 96.5 cm³/mol. The van der Waals surface area contributed by atoms with Gasteiger partial charge in [0.15, 0.2) is 0 Å². The molecule has 7 heteroatoms. The summed E-state index contributed by atoms with van der Waals surface area (Å²) in [4.78, 5) is 15.7. The quantitative estimate of drug-likeness (QED) is 0.599. The number of carbonyl (C=O) groups is 1. The molecule has 0 amide bonds. The fourth-order valence-corrected chi connectivity index (χ4v) is 5.65. The van der Waals surface area contributed by atoms with Gasteiger partial charge in [-0.2, -0.15) is 0 Å². The summed E-state index contributed by atoms with van der Waals surface area (Å²) >= 11 is 0. The number of benzene rings is 1. The zero-order valence-corrected chi connectivity index (χ0v) is 15.2. The number of carboxylic acid groups (broad SMARTS) is 1. The van der Waals surface area contributed by atoms with E-state index in [1.807, 2.05) is 6.07 Å². The Balaban J connectivity index is 1.73. The van der Waals surface area contributed by atoms with E-state index in [2.05, 4.69) is 12.1 Å². The van der Waals surface area contributed by atoms with Crippen LogP contribution in [0, 0.1) is 17.3 Å². The highest BCUT2D eigenvalue weighted by Gasteiger charge is 2.58. The van der Waals surface area contributed by atoms with Gasteiger partial charge in [-0.1, -0.05) is 18.1 Å². The van der Waals surface area contributed by atoms with E-state index in [1.54, 1.807) is 12.1 Å². The van der Waals surface area contributed by atoms with Crippen molar-refractivity contribution in [3.05, 3.63) is 29.3 Å². The van der Waals surface area contributed by atoms with Crippen LogP contribution in [0.1, 0.15) is 49.7 Å². The molecule has 0 radical (unpaired) electrons. The number of aliphatic carboxylic acids is 1. The third kappa shape index (κ3) is 2.89. The second kappa shape index (κ2) is 6.49. The minimum absolute atomic E-state index is 0.130. The normalized spacial score (nSPS) is 38.8. The van der Waals surface area contributed by atoms with Crippen LogP contribution < -0.4 is 0 Å². The molecule has 0 aliphatic heterocycles. The number of phenols is 1. The van der Waals surface area contributed by atoms with Crippen molar-refractivity contribution in [2.75, 3.05) is 6.61 Å². The lowest BCUT2D eigenvalue weighted by Gasteiger charge is -2.49. The van der Waals surface area contributed by atoms with Crippen LogP contribution >= 0.6 is 0 Å². The SMILES string of the molecule is C[C@]12CCC3c4ccc(O)cc4/C(=N/OCC(=O)O)CC3C1C[C@@H](O)[C@@H]2O. The first-order valence-electron chi connectivity index (χ1n) is 9.41. The molecule has 3 aliphatic rings. The molecule has 146 valence electrons. The molecule has 0 saturated heterocycles. The number of hydrogen-bond acceptors (Lipinski definition) is 6. The zero-order chi connectivity index (χ0) is 19.3. The maximum atomic E-state index is 10.7. The Hall–Kier alpha value is -2.12. The Labute approximate surface area is 157 Å². The van der Waals surface area contributed by atoms with E-state index in [1.165, 1.54) is 0 Å². The number of aliphatic hydroxyl groups is 2. The van der Waals surface area contributed by atoms with Gasteiger partial charge in [0.25, 0.3) is 0 Å². The van der Waals surface area contributed by atoms with Gasteiger partial charge in [-0.25, -0.2) is 4.79 Å². The number of carboxylic acids is 1. The maximum absolute atomic E-state index is 10.7. The minimum atomic E-state index is -1.10. The lowest BCUT2D eigenvalue weighted by atomic mass is 9.55. The monoisotopic (exact) mass is 375 g/mol. The smallest absolute Gasteiger partial charge is 0.344 e. The largest absolute Gasteiger partial charge is 0.508 e. The highest BCUT2D eigenvalue weighted by atomic mass is 16.6. The third-order valence-electron chi connectivity index (χ3n) is 6.95. The van der Waals surface area contributed by atoms with Gasteiger partial charge in [0.2, 0.25) is 6.61 Å². The van der Waals surface area contributed by atoms with Crippen LogP contribution in [0.25, 0.3) is 0 Å². The first kappa shape index (κ1) is 18.3. The molecule has 0 heterocycles. The van der Waals surface area contributed by atoms with Crippen LogP contribution in [0.3, 0.4) is 0 Å². The van der Waals surface area contributed by atoms with Gasteiger partial charge < -0.3 is 25.3 Å². The number of aliphatic hydroxyl groups excluding tert-OH is 2. The van der Waals surface area contributed by atoms with Crippen molar-refractivity contribution >= 4 is 11.7 Å². The van der Waals surface area contributed by atoms with E-state index >= 15 is 0 Å². The summed E-state index contributed by atoms with van der Waals surface area (Å²) in [5.41, 5.74) is 2.15. The van der Waals surface area contributed by atoms with E-state index in [-0.39, 0.29) is 28.9 Å². The van der Waals surface area contributed by atoms with Crippen molar-refractivity contribution in [1.82, 2.24) is 0 Å². The Morgan fingerprint density at radius 1 is 1.37 bits per heavy atom. The van der Waals surface area contributed by atoms with Gasteiger partial charge in [-0.05, 0) is 66.5 Å². The molecule has 0 aromatic heterocycles. The van der Waals surface area contributed by atoms with Crippen LogP contribution in [-0.4, -0.2) is 50.9 Å². The Morgan fingerprint density at radius 3 is 2.89 bits per heavy atom. The van der Waals surface area contributed by atoms with Crippen LogP contribution in [-0.2, 0) is 9.63 Å². The van der Waals surface area contributed by atoms with Crippen molar-refractivity contribution in [3.63, 3.8) is 0 Å². The Bertz CT molecular complexity index is 793. The van der Waals surface area contributed by atoms with E-state index in [0.717, 1.165) is 24.0 Å². The Morgan fingerprint density at radius 2 is 2.15 bits per heavy atom. The highest BCUT2D eigenvalue weighted by molar-refractivity contribution is 6.03. The molecule has 0 bridgehead atoms. The van der Waals surface area contributed by atoms with E-state index in [4.69, 9.17) is 9.94 Å². The molecule has 3 unspecified atom stereocenters. The summed E-state index contributed by atoms with van der Waals surface area (Å²) in [6, 6.07) is 5.21. The molecule has 7 nitrogen and oxygen atoms in total. The summed E-state index contributed by atoms with van der Waals surface area (Å²) in [7, 11) is 0. The number of hydrogen-bond donors (Lipinski definition) is 4. The molecule has 1 aromatic carbocycles. The fourth-order valence-electron chi connectivity index (χ4n) is 5.65. The third-order valence-corrected chi connectivity index (χ3v) is 6.95. The lowest BCUT2D eigenvalue weighted by molar-refractivity contribution is -0.142. The zero-order valence-electron chi connectivity index (χ0n) is 15.2. The molecular formula is C20H25NO6. The van der Waals surface area contributed by atoms with Gasteiger partial charge in [-0.3, -0.25) is 0 Å². The number of oxime groups is 1. The molecule has 1 aromatic rings. The molecule has 27 heavy (non-hydrogen) atoms. The minimum Gasteiger partial charge on any atom is -0.508 e. The number of rotatable bonds is 3. The second-order valence-electron chi connectivity index (χ2n) is 8.35. The van der Waals surface area contributed by atoms with Crippen molar-refractivity contribution in [1.29, 1.82) is 0 Å². The summed E-state index contributed by atoms with van der Waals surface area (Å²) < 4.78 is 0. The Kier molecular flexibility index (Phi) is 4.39. The number of phenolic OH excluding ortho intramolecular Hbond substituents is 1. The number of fused-ring (bicyclic) bond motifs is 5. The van der Waals surface area contributed by atoms with E-state index < -0.39 is 24.8 Å². The summed E-state index contributed by atoms with van der Waals surface area (Å²) in [5.74, 6) is -0.385. The van der Waals surface area contributed by atoms with Gasteiger partial charge >= 0.3 is 5.97 Å². The van der Waals surface area contributed by atoms with Crippen molar-refractivity contribution in [2.45, 2.75) is 50.7 Å². The van der Waals surface area contributed by atoms with Crippen LogP contribution in [0.5, 0.6) is 5.75 Å². The fraction of sp³-hybridized carbons (Fsp3) is 0.600. The average molecular weight is 375 g/mol. The molecule has 6 atom stereocenters. The first-order chi connectivity index (χ1) is 12.8. The topological polar surface area (TPSA) is 120 Å². The molecule has 2 saturated carbocycles. The lowest BCUT2D eigenvalue weighted by Crippen LogP contribution is -2.45. The second-order valence-corrected chi connectivity index (χ2v) is 8.35. The number of nitrogens with zero attached hydrogens (tertiary/aromatic N) is 1. The summed E-state index contributed by atoms with van der Waals surface area (Å²) in [6.45, 7) is 1.53. The molecule has 4 rings (SSSR count). The van der Waals surface area contributed by atoms with Crippen molar-refractivity contribution in [3.8, 4) is 5.75 Å². The van der Waals surface area contributed by atoms with Gasteiger partial charge in [0, 0.05) is 5.56 Å². The van der Waals surface area contributed by atoms with Gasteiger partial charge in [0.1, 0.15) is 5.75 Å². The van der Waals surface area contributed by atoms with Crippen molar-refractivity contribution < 1.29 is 30.1 Å². The van der Waals surface area contributed by atoms with E-state index in [0.29, 0.717) is 18.6 Å².